The highest BCUT2D eigenvalue weighted by Gasteiger charge is 2.38. The third kappa shape index (κ3) is 3.62. The van der Waals surface area contributed by atoms with Gasteiger partial charge in [0.05, 0.1) is 11.6 Å². The number of amides is 2. The lowest BCUT2D eigenvalue weighted by atomic mass is 10.1. The Kier molecular flexibility index (Phi) is 4.96. The molecule has 2 aliphatic rings. The van der Waals surface area contributed by atoms with Crippen LogP contribution in [0.4, 0.5) is 5.13 Å². The van der Waals surface area contributed by atoms with E-state index in [1.807, 2.05) is 34.5 Å². The second kappa shape index (κ2) is 7.37. The van der Waals surface area contributed by atoms with Gasteiger partial charge in [0.25, 0.3) is 0 Å². The number of aromatic nitrogens is 1. The molecule has 1 aliphatic carbocycles. The van der Waals surface area contributed by atoms with Crippen LogP contribution in [0.1, 0.15) is 32.1 Å². The number of carbonyl (C=O) groups is 2. The minimum atomic E-state index is -0.286. The van der Waals surface area contributed by atoms with E-state index in [0.717, 1.165) is 24.1 Å². The van der Waals surface area contributed by atoms with E-state index in [1.54, 1.807) is 0 Å². The molecule has 7 heteroatoms. The van der Waals surface area contributed by atoms with Crippen LogP contribution in [0.25, 0.3) is 11.3 Å². The summed E-state index contributed by atoms with van der Waals surface area (Å²) < 4.78 is 0. The largest absolute Gasteiger partial charge is 0.339 e. The van der Waals surface area contributed by atoms with Gasteiger partial charge in [0.2, 0.25) is 11.8 Å². The summed E-state index contributed by atoms with van der Waals surface area (Å²) in [5, 5.41) is 6.02. The van der Waals surface area contributed by atoms with Gasteiger partial charge >= 0.3 is 0 Å². The molecule has 1 atom stereocenters. The number of carbonyl (C=O) groups excluding carboxylic acids is 2. The van der Waals surface area contributed by atoms with Gasteiger partial charge in [-0.25, -0.2) is 4.98 Å². The number of likely N-dealkylation sites (tertiary alicyclic amines) is 1. The molecule has 2 fully saturated rings. The number of halogens is 1. The van der Waals surface area contributed by atoms with Crippen molar-refractivity contribution in [2.45, 2.75) is 38.1 Å². The molecule has 2 amide bonds. The number of hydrogen-bond donors (Lipinski definition) is 1. The number of rotatable bonds is 4. The van der Waals surface area contributed by atoms with Crippen LogP contribution in [-0.2, 0) is 9.59 Å². The van der Waals surface area contributed by atoms with Crippen LogP contribution in [0.15, 0.2) is 29.6 Å². The Morgan fingerprint density at radius 3 is 2.69 bits per heavy atom. The van der Waals surface area contributed by atoms with Crippen LogP contribution in [-0.4, -0.2) is 34.3 Å². The monoisotopic (exact) mass is 389 g/mol. The van der Waals surface area contributed by atoms with Gasteiger partial charge in [-0.15, -0.1) is 11.3 Å². The van der Waals surface area contributed by atoms with E-state index < -0.39 is 0 Å². The molecule has 1 saturated heterocycles. The molecule has 1 saturated carbocycles. The predicted molar refractivity (Wildman–Crippen MR) is 103 cm³/mol. The van der Waals surface area contributed by atoms with Crippen molar-refractivity contribution < 1.29 is 9.59 Å². The van der Waals surface area contributed by atoms with Crippen molar-refractivity contribution in [1.82, 2.24) is 9.88 Å². The van der Waals surface area contributed by atoms with E-state index in [-0.39, 0.29) is 17.7 Å². The van der Waals surface area contributed by atoms with Gasteiger partial charge in [-0.05, 0) is 25.0 Å². The first-order valence-electron chi connectivity index (χ1n) is 8.92. The molecular weight excluding hydrogens is 370 g/mol. The minimum absolute atomic E-state index is 0.109. The lowest BCUT2D eigenvalue weighted by molar-refractivity contribution is -0.129. The maximum atomic E-state index is 12.6. The first-order valence-corrected chi connectivity index (χ1v) is 10.2. The standard InChI is InChI=1S/C19H20ClN3O2S/c20-14-7-5-12(6-8-14)16-11-26-19(21-16)22-18(25)13-9-17(24)23(10-13)15-3-1-2-4-15/h5-8,11,13,15H,1-4,9-10H2,(H,21,22,25)/t13-/m0/s1. The fourth-order valence-electron chi connectivity index (χ4n) is 3.77. The van der Waals surface area contributed by atoms with Gasteiger partial charge in [0.1, 0.15) is 0 Å². The topological polar surface area (TPSA) is 62.3 Å². The van der Waals surface area contributed by atoms with Crippen LogP contribution in [0.5, 0.6) is 0 Å². The molecule has 1 N–H and O–H groups in total. The number of hydrogen-bond acceptors (Lipinski definition) is 4. The lowest BCUT2D eigenvalue weighted by Crippen LogP contribution is -2.35. The highest BCUT2D eigenvalue weighted by Crippen LogP contribution is 2.31. The number of benzene rings is 1. The molecule has 2 aromatic rings. The molecule has 26 heavy (non-hydrogen) atoms. The Balaban J connectivity index is 1.39. The number of thiazole rings is 1. The Morgan fingerprint density at radius 1 is 1.23 bits per heavy atom. The van der Waals surface area contributed by atoms with Crippen molar-refractivity contribution in [1.29, 1.82) is 0 Å². The van der Waals surface area contributed by atoms with E-state index in [9.17, 15) is 9.59 Å². The highest BCUT2D eigenvalue weighted by atomic mass is 35.5. The second-order valence-electron chi connectivity index (χ2n) is 6.92. The third-order valence-electron chi connectivity index (χ3n) is 5.17. The van der Waals surface area contributed by atoms with Gasteiger partial charge < -0.3 is 10.2 Å². The number of nitrogens with one attached hydrogen (secondary N) is 1. The Morgan fingerprint density at radius 2 is 1.96 bits per heavy atom. The SMILES string of the molecule is O=C(Nc1nc(-c2ccc(Cl)cc2)cs1)[C@H]1CC(=O)N(C2CCCC2)C1. The van der Waals surface area contributed by atoms with E-state index in [2.05, 4.69) is 10.3 Å². The molecule has 0 spiro atoms. The fraction of sp³-hybridized carbons (Fsp3) is 0.421. The summed E-state index contributed by atoms with van der Waals surface area (Å²) in [6, 6.07) is 7.76. The molecule has 5 nitrogen and oxygen atoms in total. The Bertz CT molecular complexity index is 814. The van der Waals surface area contributed by atoms with Gasteiger partial charge in [-0.2, -0.15) is 0 Å². The van der Waals surface area contributed by atoms with Crippen molar-refractivity contribution in [3.63, 3.8) is 0 Å². The Hall–Kier alpha value is -1.92. The van der Waals surface area contributed by atoms with Crippen molar-refractivity contribution in [2.24, 2.45) is 5.92 Å². The minimum Gasteiger partial charge on any atom is -0.339 e. The van der Waals surface area contributed by atoms with Gasteiger partial charge in [-0.3, -0.25) is 9.59 Å². The summed E-state index contributed by atoms with van der Waals surface area (Å²) in [4.78, 5) is 31.2. The number of anilines is 1. The zero-order chi connectivity index (χ0) is 18.1. The average Bonchev–Trinajstić information content (AvgIpc) is 3.36. The molecular formula is C19H20ClN3O2S. The van der Waals surface area contributed by atoms with Gasteiger partial charge in [0.15, 0.2) is 5.13 Å². The maximum Gasteiger partial charge on any atom is 0.231 e. The van der Waals surface area contributed by atoms with Crippen LogP contribution in [0.2, 0.25) is 5.02 Å². The van der Waals surface area contributed by atoms with Crippen LogP contribution >= 0.6 is 22.9 Å². The zero-order valence-corrected chi connectivity index (χ0v) is 15.9. The van der Waals surface area contributed by atoms with E-state index in [4.69, 9.17) is 11.6 Å². The van der Waals surface area contributed by atoms with Gasteiger partial charge in [0, 0.05) is 35.0 Å². The molecule has 0 radical (unpaired) electrons. The molecule has 1 aromatic heterocycles. The molecule has 1 aliphatic heterocycles. The summed E-state index contributed by atoms with van der Waals surface area (Å²) in [5.41, 5.74) is 1.76. The zero-order valence-electron chi connectivity index (χ0n) is 14.3. The Labute approximate surface area is 161 Å². The van der Waals surface area contributed by atoms with Crippen LogP contribution < -0.4 is 5.32 Å². The number of nitrogens with zero attached hydrogens (tertiary/aromatic N) is 2. The third-order valence-corrected chi connectivity index (χ3v) is 6.18. The van der Waals surface area contributed by atoms with Crippen LogP contribution in [0, 0.1) is 5.92 Å². The van der Waals surface area contributed by atoms with E-state index >= 15 is 0 Å². The summed E-state index contributed by atoms with van der Waals surface area (Å²) in [5.74, 6) is -0.292. The quantitative estimate of drug-likeness (QED) is 0.852. The summed E-state index contributed by atoms with van der Waals surface area (Å²) in [7, 11) is 0. The summed E-state index contributed by atoms with van der Waals surface area (Å²) in [6.45, 7) is 0.532. The van der Waals surface area contributed by atoms with Gasteiger partial charge in [-0.1, -0.05) is 36.6 Å². The lowest BCUT2D eigenvalue weighted by Gasteiger charge is -2.23. The molecule has 0 bridgehead atoms. The van der Waals surface area contributed by atoms with E-state index in [1.165, 1.54) is 24.2 Å². The van der Waals surface area contributed by atoms with Crippen molar-refractivity contribution in [3.8, 4) is 11.3 Å². The van der Waals surface area contributed by atoms with Crippen molar-refractivity contribution in [3.05, 3.63) is 34.7 Å². The first kappa shape index (κ1) is 17.5. The molecule has 0 unspecified atom stereocenters. The molecule has 2 heterocycles. The second-order valence-corrected chi connectivity index (χ2v) is 8.21. The van der Waals surface area contributed by atoms with E-state index in [0.29, 0.717) is 29.2 Å². The fourth-order valence-corrected chi connectivity index (χ4v) is 4.62. The van der Waals surface area contributed by atoms with Crippen LogP contribution in [0.3, 0.4) is 0 Å². The normalized spacial score (nSPS) is 20.7. The molecule has 1 aromatic carbocycles. The smallest absolute Gasteiger partial charge is 0.231 e. The average molecular weight is 390 g/mol. The predicted octanol–water partition coefficient (Wildman–Crippen LogP) is 4.19. The van der Waals surface area contributed by atoms with Crippen molar-refractivity contribution in [2.75, 3.05) is 11.9 Å². The molecule has 4 rings (SSSR count). The first-order chi connectivity index (χ1) is 12.6. The maximum absolute atomic E-state index is 12.6. The summed E-state index contributed by atoms with van der Waals surface area (Å²) >= 11 is 7.30. The summed E-state index contributed by atoms with van der Waals surface area (Å²) in [6.07, 6.45) is 4.79. The molecule has 136 valence electrons. The van der Waals surface area contributed by atoms with Crippen molar-refractivity contribution >= 4 is 39.9 Å². The highest BCUT2D eigenvalue weighted by molar-refractivity contribution is 7.14.